The van der Waals surface area contributed by atoms with Gasteiger partial charge >= 0.3 is 0 Å². The van der Waals surface area contributed by atoms with Crippen LogP contribution in [0.25, 0.3) is 0 Å². The lowest BCUT2D eigenvalue weighted by molar-refractivity contribution is -0.133. The first-order valence-electron chi connectivity index (χ1n) is 8.35. The molecule has 3 rings (SSSR count). The van der Waals surface area contributed by atoms with Crippen LogP contribution in [0.3, 0.4) is 0 Å². The summed E-state index contributed by atoms with van der Waals surface area (Å²) in [6.45, 7) is 2.26. The van der Waals surface area contributed by atoms with Crippen LogP contribution in [-0.4, -0.2) is 61.6 Å². The zero-order valence-electron chi connectivity index (χ0n) is 14.1. The first-order valence-corrected chi connectivity index (χ1v) is 8.35. The van der Waals surface area contributed by atoms with Gasteiger partial charge in [0, 0.05) is 44.2 Å². The summed E-state index contributed by atoms with van der Waals surface area (Å²) in [5.41, 5.74) is 0.921. The highest BCUT2D eigenvalue weighted by molar-refractivity contribution is 6.05. The van der Waals surface area contributed by atoms with Crippen LogP contribution in [0, 0.1) is 11.7 Å². The third-order valence-electron chi connectivity index (χ3n) is 4.35. The minimum Gasteiger partial charge on any atom is -0.368 e. The number of carbonyl (C=O) groups is 3. The van der Waals surface area contributed by atoms with Crippen LogP contribution in [0.2, 0.25) is 0 Å². The highest BCUT2D eigenvalue weighted by Gasteiger charge is 2.23. The second-order valence-electron chi connectivity index (χ2n) is 6.06. The summed E-state index contributed by atoms with van der Waals surface area (Å²) in [6, 6.07) is 6.27. The molecule has 2 heterocycles. The maximum absolute atomic E-state index is 13.0. The van der Waals surface area contributed by atoms with Crippen molar-refractivity contribution in [3.63, 3.8) is 0 Å². The summed E-state index contributed by atoms with van der Waals surface area (Å²) in [7, 11) is 0. The predicted octanol–water partition coefficient (Wildman–Crippen LogP) is 0.374. The Morgan fingerprint density at radius 1 is 1.15 bits per heavy atom. The summed E-state index contributed by atoms with van der Waals surface area (Å²) in [5.74, 6) is -1.83. The molecule has 1 aromatic rings. The van der Waals surface area contributed by atoms with Crippen LogP contribution < -0.4 is 10.2 Å². The molecule has 1 N–H and O–H groups in total. The van der Waals surface area contributed by atoms with Crippen LogP contribution in [0.1, 0.15) is 0 Å². The molecule has 26 heavy (non-hydrogen) atoms. The van der Waals surface area contributed by atoms with Crippen molar-refractivity contribution < 1.29 is 18.8 Å². The zero-order chi connectivity index (χ0) is 18.5. The third-order valence-corrected chi connectivity index (χ3v) is 4.35. The molecule has 0 aliphatic carbocycles. The Labute approximate surface area is 150 Å². The molecule has 8 heteroatoms. The van der Waals surface area contributed by atoms with Gasteiger partial charge in [0.25, 0.3) is 5.91 Å². The molecule has 0 bridgehead atoms. The van der Waals surface area contributed by atoms with Gasteiger partial charge in [-0.05, 0) is 24.3 Å². The van der Waals surface area contributed by atoms with Gasteiger partial charge < -0.3 is 15.1 Å². The van der Waals surface area contributed by atoms with Gasteiger partial charge in [0.15, 0.2) is 0 Å². The number of piperazine rings is 1. The monoisotopic (exact) mass is 358 g/mol. The van der Waals surface area contributed by atoms with Crippen LogP contribution in [-0.2, 0) is 14.4 Å². The Hall–Kier alpha value is -3.03. The van der Waals surface area contributed by atoms with Gasteiger partial charge in [-0.25, -0.2) is 9.38 Å². The number of carbonyl (C=O) groups excluding carboxylic acids is 3. The second kappa shape index (κ2) is 7.90. The number of rotatable bonds is 4. The highest BCUT2D eigenvalue weighted by atomic mass is 19.1. The Kier molecular flexibility index (Phi) is 5.40. The van der Waals surface area contributed by atoms with E-state index in [-0.39, 0.29) is 24.2 Å². The van der Waals surface area contributed by atoms with E-state index in [1.165, 1.54) is 30.5 Å². The fourth-order valence-electron chi connectivity index (χ4n) is 2.85. The predicted molar refractivity (Wildman–Crippen MR) is 94.3 cm³/mol. The Morgan fingerprint density at radius 2 is 1.85 bits per heavy atom. The molecule has 2 aliphatic rings. The molecule has 1 aromatic carbocycles. The van der Waals surface area contributed by atoms with E-state index in [1.54, 1.807) is 17.0 Å². The van der Waals surface area contributed by atoms with E-state index in [0.717, 1.165) is 5.69 Å². The Morgan fingerprint density at radius 3 is 2.46 bits per heavy atom. The minimum atomic E-state index is -0.629. The summed E-state index contributed by atoms with van der Waals surface area (Å²) >= 11 is 0. The van der Waals surface area contributed by atoms with Crippen molar-refractivity contribution in [3.05, 3.63) is 42.2 Å². The summed E-state index contributed by atoms with van der Waals surface area (Å²) in [4.78, 5) is 42.5. The standard InChI is InChI=1S/C18H19FN4O3/c19-14-2-4-15(5-3-14)22-7-9-23(10-8-22)17(25)12-21-18(26)13-1-6-16(24)20-11-13/h1-6,11,13H,7-10,12H2,(H,21,26). The SMILES string of the molecule is O=C1C=CC(C(=O)NCC(=O)N2CCN(c3ccc(F)cc3)CC2)C=N1. The van der Waals surface area contributed by atoms with Crippen molar-refractivity contribution in [1.29, 1.82) is 0 Å². The van der Waals surface area contributed by atoms with E-state index >= 15 is 0 Å². The van der Waals surface area contributed by atoms with Crippen molar-refractivity contribution in [2.45, 2.75) is 0 Å². The van der Waals surface area contributed by atoms with Gasteiger partial charge in [-0.1, -0.05) is 6.08 Å². The lowest BCUT2D eigenvalue weighted by Gasteiger charge is -2.36. The third kappa shape index (κ3) is 4.33. The minimum absolute atomic E-state index is 0.0957. The fourth-order valence-corrected chi connectivity index (χ4v) is 2.85. The lowest BCUT2D eigenvalue weighted by atomic mass is 10.1. The van der Waals surface area contributed by atoms with Gasteiger partial charge in [0.1, 0.15) is 5.82 Å². The van der Waals surface area contributed by atoms with Gasteiger partial charge in [-0.3, -0.25) is 14.4 Å². The normalized spacial score (nSPS) is 19.6. The van der Waals surface area contributed by atoms with Gasteiger partial charge in [-0.2, -0.15) is 0 Å². The number of aliphatic imine (C=N–C) groups is 1. The number of amides is 3. The van der Waals surface area contributed by atoms with E-state index < -0.39 is 11.8 Å². The summed E-state index contributed by atoms with van der Waals surface area (Å²) in [5, 5.41) is 2.57. The number of halogens is 1. The van der Waals surface area contributed by atoms with Gasteiger partial charge in [0.2, 0.25) is 11.8 Å². The molecule has 136 valence electrons. The number of anilines is 1. The number of dihydropyridines is 1. The Balaban J connectivity index is 1.44. The molecule has 1 fully saturated rings. The molecule has 0 aromatic heterocycles. The van der Waals surface area contributed by atoms with E-state index in [9.17, 15) is 18.8 Å². The molecule has 0 spiro atoms. The molecule has 1 atom stereocenters. The van der Waals surface area contributed by atoms with Crippen molar-refractivity contribution in [3.8, 4) is 0 Å². The summed E-state index contributed by atoms with van der Waals surface area (Å²) < 4.78 is 13.0. The topological polar surface area (TPSA) is 82.1 Å². The first kappa shape index (κ1) is 17.8. The maximum Gasteiger partial charge on any atom is 0.269 e. The van der Waals surface area contributed by atoms with Gasteiger partial charge in [-0.15, -0.1) is 0 Å². The average Bonchev–Trinajstić information content (AvgIpc) is 2.67. The molecule has 0 radical (unpaired) electrons. The number of hydrogen-bond acceptors (Lipinski definition) is 4. The second-order valence-corrected chi connectivity index (χ2v) is 6.06. The smallest absolute Gasteiger partial charge is 0.269 e. The van der Waals surface area contributed by atoms with Crippen molar-refractivity contribution in [2.24, 2.45) is 10.9 Å². The van der Waals surface area contributed by atoms with E-state index in [0.29, 0.717) is 26.2 Å². The Bertz CT molecular complexity index is 736. The van der Waals surface area contributed by atoms with Crippen LogP contribution in [0.4, 0.5) is 10.1 Å². The van der Waals surface area contributed by atoms with E-state index in [1.807, 2.05) is 0 Å². The quantitative estimate of drug-likeness (QED) is 0.843. The van der Waals surface area contributed by atoms with Crippen molar-refractivity contribution in [1.82, 2.24) is 10.2 Å². The average molecular weight is 358 g/mol. The number of nitrogens with one attached hydrogen (secondary N) is 1. The highest BCUT2D eigenvalue weighted by Crippen LogP contribution is 2.16. The molecule has 1 saturated heterocycles. The van der Waals surface area contributed by atoms with Crippen molar-refractivity contribution >= 4 is 29.6 Å². The number of benzene rings is 1. The summed E-state index contributed by atoms with van der Waals surface area (Å²) in [6.07, 6.45) is 3.96. The molecular weight excluding hydrogens is 339 g/mol. The van der Waals surface area contributed by atoms with Crippen LogP contribution in [0.15, 0.2) is 41.4 Å². The van der Waals surface area contributed by atoms with Crippen molar-refractivity contribution in [2.75, 3.05) is 37.6 Å². The number of nitrogens with zero attached hydrogens (tertiary/aromatic N) is 3. The molecule has 1 unspecified atom stereocenters. The fraction of sp³-hybridized carbons (Fsp3) is 0.333. The van der Waals surface area contributed by atoms with Crippen LogP contribution in [0.5, 0.6) is 0 Å². The molecular formula is C18H19FN4O3. The first-order chi connectivity index (χ1) is 12.5. The van der Waals surface area contributed by atoms with Crippen LogP contribution >= 0.6 is 0 Å². The van der Waals surface area contributed by atoms with E-state index in [4.69, 9.17) is 0 Å². The molecule has 7 nitrogen and oxygen atoms in total. The largest absolute Gasteiger partial charge is 0.368 e. The maximum atomic E-state index is 13.0. The lowest BCUT2D eigenvalue weighted by Crippen LogP contribution is -2.51. The molecule has 3 amide bonds. The van der Waals surface area contributed by atoms with E-state index in [2.05, 4.69) is 15.2 Å². The zero-order valence-corrected chi connectivity index (χ0v) is 14.1. The van der Waals surface area contributed by atoms with Gasteiger partial charge in [0.05, 0.1) is 12.5 Å². The molecule has 0 saturated carbocycles. The molecule has 2 aliphatic heterocycles. The number of hydrogen-bond donors (Lipinski definition) is 1.